The van der Waals surface area contributed by atoms with Gasteiger partial charge in [0.05, 0.1) is 25.7 Å². The fraction of sp³-hybridized carbons (Fsp3) is 0.923. The second-order valence-electron chi connectivity index (χ2n) is 4.39. The molecule has 0 aromatic heterocycles. The summed E-state index contributed by atoms with van der Waals surface area (Å²) in [5.74, 6) is -0.142. The van der Waals surface area contributed by atoms with Gasteiger partial charge in [0.1, 0.15) is 0 Å². The Bertz CT molecular complexity index is 257. The van der Waals surface area contributed by atoms with Gasteiger partial charge in [0.25, 0.3) is 0 Å². The van der Waals surface area contributed by atoms with Crippen LogP contribution in [0.3, 0.4) is 0 Å². The average Bonchev–Trinajstić information content (AvgIpc) is 2.85. The number of carbonyl (C=O) groups excluding carboxylic acids is 1. The largest absolute Gasteiger partial charge is 0.379 e. The number of rotatable bonds is 9. The van der Waals surface area contributed by atoms with Crippen LogP contribution in [-0.4, -0.2) is 57.8 Å². The molecule has 0 saturated carbocycles. The van der Waals surface area contributed by atoms with Crippen molar-refractivity contribution in [3.05, 3.63) is 0 Å². The molecule has 0 aromatic carbocycles. The maximum atomic E-state index is 12.1. The average molecular weight is 274 g/mol. The smallest absolute Gasteiger partial charge is 0.227 e. The molecule has 1 amide bonds. The number of amides is 1. The zero-order chi connectivity index (χ0) is 14.1. The van der Waals surface area contributed by atoms with Gasteiger partial charge in [-0.2, -0.15) is 0 Å². The molecular weight excluding hydrogens is 248 g/mol. The first-order chi connectivity index (χ1) is 9.22. The Morgan fingerprint density at radius 1 is 1.26 bits per heavy atom. The van der Waals surface area contributed by atoms with Crippen molar-refractivity contribution in [2.45, 2.75) is 33.1 Å². The Hall–Kier alpha value is -0.690. The van der Waals surface area contributed by atoms with E-state index >= 15 is 0 Å². The van der Waals surface area contributed by atoms with Crippen LogP contribution in [0.5, 0.6) is 0 Å². The van der Waals surface area contributed by atoms with Crippen molar-refractivity contribution in [3.8, 4) is 0 Å². The summed E-state index contributed by atoms with van der Waals surface area (Å²) in [5.41, 5.74) is 0. The predicted octanol–water partition coefficient (Wildman–Crippen LogP) is 0.126. The molecule has 0 radical (unpaired) electrons. The highest BCUT2D eigenvalue weighted by Gasteiger charge is 2.33. The maximum absolute atomic E-state index is 12.1. The highest BCUT2D eigenvalue weighted by molar-refractivity contribution is 5.79. The van der Waals surface area contributed by atoms with E-state index in [1.807, 2.05) is 20.8 Å². The number of nitrogens with one attached hydrogen (secondary N) is 2. The number of ether oxygens (including phenoxy) is 3. The highest BCUT2D eigenvalue weighted by atomic mass is 16.7. The minimum Gasteiger partial charge on any atom is -0.379 e. The van der Waals surface area contributed by atoms with Crippen LogP contribution in [0.15, 0.2) is 0 Å². The van der Waals surface area contributed by atoms with E-state index in [4.69, 9.17) is 14.2 Å². The molecule has 6 nitrogen and oxygen atoms in total. The van der Waals surface area contributed by atoms with Crippen molar-refractivity contribution in [1.29, 1.82) is 0 Å². The molecule has 19 heavy (non-hydrogen) atoms. The first-order valence-electron chi connectivity index (χ1n) is 7.04. The second-order valence-corrected chi connectivity index (χ2v) is 4.39. The van der Waals surface area contributed by atoms with Crippen molar-refractivity contribution in [3.63, 3.8) is 0 Å². The SMILES string of the molecule is CCNC1COCC1C(=O)NCC(OCC)OCC. The van der Waals surface area contributed by atoms with Gasteiger partial charge in [-0.1, -0.05) is 6.92 Å². The molecule has 0 aliphatic carbocycles. The Kier molecular flexibility index (Phi) is 7.97. The van der Waals surface area contributed by atoms with E-state index < -0.39 is 0 Å². The monoisotopic (exact) mass is 274 g/mol. The van der Waals surface area contributed by atoms with Crippen molar-refractivity contribution >= 4 is 5.91 Å². The molecule has 1 aliphatic heterocycles. The van der Waals surface area contributed by atoms with Crippen LogP contribution in [0.4, 0.5) is 0 Å². The van der Waals surface area contributed by atoms with E-state index in [-0.39, 0.29) is 24.2 Å². The quantitative estimate of drug-likeness (QED) is 0.585. The summed E-state index contributed by atoms with van der Waals surface area (Å²) >= 11 is 0. The molecular formula is C13H26N2O4. The number of hydrogen-bond acceptors (Lipinski definition) is 5. The van der Waals surface area contributed by atoms with Gasteiger partial charge in [-0.05, 0) is 20.4 Å². The van der Waals surface area contributed by atoms with Gasteiger partial charge >= 0.3 is 0 Å². The topological polar surface area (TPSA) is 68.8 Å². The van der Waals surface area contributed by atoms with Crippen molar-refractivity contribution in [2.24, 2.45) is 5.92 Å². The van der Waals surface area contributed by atoms with Crippen LogP contribution < -0.4 is 10.6 Å². The third kappa shape index (κ3) is 5.44. The fourth-order valence-electron chi connectivity index (χ4n) is 2.13. The molecule has 1 rings (SSSR count). The molecule has 1 heterocycles. The third-order valence-electron chi connectivity index (χ3n) is 3.03. The number of carbonyl (C=O) groups is 1. The lowest BCUT2D eigenvalue weighted by Gasteiger charge is -2.21. The van der Waals surface area contributed by atoms with Crippen molar-refractivity contribution < 1.29 is 19.0 Å². The molecule has 0 spiro atoms. The molecule has 112 valence electrons. The summed E-state index contributed by atoms with van der Waals surface area (Å²) in [4.78, 5) is 12.1. The lowest BCUT2D eigenvalue weighted by atomic mass is 10.0. The van der Waals surface area contributed by atoms with E-state index in [2.05, 4.69) is 10.6 Å². The van der Waals surface area contributed by atoms with Crippen LogP contribution in [0.25, 0.3) is 0 Å². The Morgan fingerprint density at radius 2 is 1.95 bits per heavy atom. The van der Waals surface area contributed by atoms with Gasteiger partial charge in [0.15, 0.2) is 6.29 Å². The van der Waals surface area contributed by atoms with Gasteiger partial charge < -0.3 is 24.8 Å². The summed E-state index contributed by atoms with van der Waals surface area (Å²) in [5, 5.41) is 6.14. The van der Waals surface area contributed by atoms with Gasteiger partial charge in [0, 0.05) is 19.3 Å². The van der Waals surface area contributed by atoms with E-state index in [1.54, 1.807) is 0 Å². The Morgan fingerprint density at radius 3 is 2.53 bits per heavy atom. The van der Waals surface area contributed by atoms with Gasteiger partial charge in [-0.25, -0.2) is 0 Å². The molecule has 1 saturated heterocycles. The Balaban J connectivity index is 2.36. The van der Waals surface area contributed by atoms with Gasteiger partial charge in [0.2, 0.25) is 5.91 Å². The summed E-state index contributed by atoms with van der Waals surface area (Å²) in [6.07, 6.45) is -0.376. The lowest BCUT2D eigenvalue weighted by Crippen LogP contribution is -2.46. The first-order valence-corrected chi connectivity index (χ1v) is 7.04. The van der Waals surface area contributed by atoms with Gasteiger partial charge in [-0.3, -0.25) is 4.79 Å². The summed E-state index contributed by atoms with van der Waals surface area (Å²) in [6, 6.07) is 0.0997. The van der Waals surface area contributed by atoms with Gasteiger partial charge in [-0.15, -0.1) is 0 Å². The zero-order valence-electron chi connectivity index (χ0n) is 12.1. The summed E-state index contributed by atoms with van der Waals surface area (Å²) in [7, 11) is 0. The van der Waals surface area contributed by atoms with Crippen LogP contribution in [0, 0.1) is 5.92 Å². The molecule has 1 aliphatic rings. The van der Waals surface area contributed by atoms with Crippen LogP contribution in [0.1, 0.15) is 20.8 Å². The van der Waals surface area contributed by atoms with Crippen LogP contribution in [0.2, 0.25) is 0 Å². The molecule has 2 N–H and O–H groups in total. The van der Waals surface area contributed by atoms with E-state index in [0.717, 1.165) is 6.54 Å². The summed E-state index contributed by atoms with van der Waals surface area (Å²) < 4.78 is 16.1. The van der Waals surface area contributed by atoms with E-state index in [1.165, 1.54) is 0 Å². The van der Waals surface area contributed by atoms with Crippen LogP contribution >= 0.6 is 0 Å². The summed E-state index contributed by atoms with van der Waals surface area (Å²) in [6.45, 7) is 9.21. The maximum Gasteiger partial charge on any atom is 0.227 e. The Labute approximate surface area is 115 Å². The normalized spacial score (nSPS) is 22.9. The third-order valence-corrected chi connectivity index (χ3v) is 3.03. The van der Waals surface area contributed by atoms with E-state index in [9.17, 15) is 4.79 Å². The van der Waals surface area contributed by atoms with Crippen molar-refractivity contribution in [1.82, 2.24) is 10.6 Å². The molecule has 2 unspecified atom stereocenters. The molecule has 2 atom stereocenters. The standard InChI is InChI=1S/C13H26N2O4/c1-4-14-11-9-17-8-10(11)13(16)15-7-12(18-5-2)19-6-3/h10-12,14H,4-9H2,1-3H3,(H,15,16). The fourth-order valence-corrected chi connectivity index (χ4v) is 2.13. The first kappa shape index (κ1) is 16.4. The highest BCUT2D eigenvalue weighted by Crippen LogP contribution is 2.13. The molecule has 6 heteroatoms. The second kappa shape index (κ2) is 9.25. The predicted molar refractivity (Wildman–Crippen MR) is 71.8 cm³/mol. The lowest BCUT2D eigenvalue weighted by molar-refractivity contribution is -0.142. The minimum atomic E-state index is -0.376. The molecule has 1 fully saturated rings. The number of likely N-dealkylation sites (N-methyl/N-ethyl adjacent to an activating group) is 1. The van der Waals surface area contributed by atoms with E-state index in [0.29, 0.717) is 33.0 Å². The molecule has 0 bridgehead atoms. The zero-order valence-corrected chi connectivity index (χ0v) is 12.1. The van der Waals surface area contributed by atoms with Crippen molar-refractivity contribution in [2.75, 3.05) is 39.5 Å². The molecule has 0 aromatic rings. The minimum absolute atomic E-state index is 0.00661. The number of hydrogen-bond donors (Lipinski definition) is 2. The van der Waals surface area contributed by atoms with Crippen LogP contribution in [-0.2, 0) is 19.0 Å².